The zero-order chi connectivity index (χ0) is 30.1. The largest absolute Gasteiger partial charge is 1.00 e. The minimum atomic E-state index is -1.01. The van der Waals surface area contributed by atoms with Gasteiger partial charge in [-0.25, -0.2) is 36.5 Å². The average Bonchev–Trinajstić information content (AvgIpc) is 2.93. The molecule has 8 nitrogen and oxygen atoms in total. The quantitative estimate of drug-likeness (QED) is 0.163. The molecule has 0 aliphatic heterocycles. The fourth-order valence-electron chi connectivity index (χ4n) is 2.63. The molecule has 0 amide bonds. The molecule has 0 atom stereocenters. The molecule has 233 valence electrons. The van der Waals surface area contributed by atoms with E-state index >= 15 is 0 Å². The van der Waals surface area contributed by atoms with Crippen LogP contribution in [0.3, 0.4) is 0 Å². The van der Waals surface area contributed by atoms with E-state index in [9.17, 15) is 26.7 Å². The van der Waals surface area contributed by atoms with Gasteiger partial charge < -0.3 is 21.9 Å². The molecule has 3 rings (SSSR count). The van der Waals surface area contributed by atoms with E-state index in [1.165, 1.54) is 6.07 Å². The molecule has 3 radical (unpaired) electrons. The van der Waals surface area contributed by atoms with Gasteiger partial charge in [0.05, 0.1) is 39.5 Å². The van der Waals surface area contributed by atoms with Crippen LogP contribution in [-0.2, 0) is 19.8 Å². The number of carbonyl (C=O) groups is 1. The van der Waals surface area contributed by atoms with Crippen LogP contribution in [0.4, 0.5) is 39.0 Å². The van der Waals surface area contributed by atoms with Crippen LogP contribution >= 0.6 is 0 Å². The standard InChI is InChI=1S/C9H8FNO2.C8H5F2NO.C8H3F2NO.CH3O.3CH4.B.2Na.H/c1-11-9-7(5-13)2-6(4-12)3-8(9)10;2*1-11-8-6(9)2-5(4-12)3-7(8)10;1-2;;;;;;;/h2-3,12-13H,4-5H2;2-3,12H,4H2;2-4H;1H3;3*1H4;;;;/q;;;-1;;;;;2*+1;-1. The van der Waals surface area contributed by atoms with Gasteiger partial charge in [-0.3, -0.25) is 4.79 Å². The maximum atomic E-state index is 13.0. The van der Waals surface area contributed by atoms with Gasteiger partial charge in [0.15, 0.2) is 0 Å². The second kappa shape index (κ2) is 31.3. The van der Waals surface area contributed by atoms with Crippen LogP contribution in [0.25, 0.3) is 14.5 Å². The van der Waals surface area contributed by atoms with Crippen molar-refractivity contribution in [2.24, 2.45) is 0 Å². The molecule has 16 heteroatoms. The minimum Gasteiger partial charge on any atom is -1.00 e. The molecule has 0 saturated carbocycles. The molecule has 0 saturated heterocycles. The van der Waals surface area contributed by atoms with Crippen LogP contribution in [0.1, 0.15) is 50.8 Å². The smallest absolute Gasteiger partial charge is 1.00 e. The number of aliphatic hydroxyl groups is 3. The maximum absolute atomic E-state index is 13.0. The summed E-state index contributed by atoms with van der Waals surface area (Å²) in [5.41, 5.74) is -0.921. The predicted molar refractivity (Wildman–Crippen MR) is 154 cm³/mol. The molecular formula is C29H32BF5N3Na2O5. The van der Waals surface area contributed by atoms with Crippen LogP contribution < -0.4 is 64.2 Å². The predicted octanol–water partition coefficient (Wildman–Crippen LogP) is 0.322. The third kappa shape index (κ3) is 18.2. The molecule has 0 spiro atoms. The van der Waals surface area contributed by atoms with E-state index in [0.29, 0.717) is 11.8 Å². The first-order valence-corrected chi connectivity index (χ1v) is 10.2. The third-order valence-corrected chi connectivity index (χ3v) is 4.33. The Morgan fingerprint density at radius 2 is 0.933 bits per heavy atom. The van der Waals surface area contributed by atoms with E-state index < -0.39 is 53.7 Å². The Morgan fingerprint density at radius 1 is 0.644 bits per heavy atom. The van der Waals surface area contributed by atoms with Crippen molar-refractivity contribution < 1.29 is 108 Å². The molecule has 3 N–H and O–H groups in total. The van der Waals surface area contributed by atoms with E-state index in [0.717, 1.165) is 37.4 Å². The number of carbonyl (C=O) groups excluding carboxylic acids is 1. The zero-order valence-electron chi connectivity index (χ0n) is 23.6. The fraction of sp³-hybridized carbons (Fsp3) is 0.241. The number of aldehydes is 1. The molecule has 0 aliphatic carbocycles. The van der Waals surface area contributed by atoms with Gasteiger partial charge in [0.1, 0.15) is 35.4 Å². The summed E-state index contributed by atoms with van der Waals surface area (Å²) < 4.78 is 63.9. The molecular weight excluding hydrogens is 622 g/mol. The summed E-state index contributed by atoms with van der Waals surface area (Å²) in [5, 5.41) is 34.3. The van der Waals surface area contributed by atoms with E-state index in [1.807, 2.05) is 0 Å². The Kier molecular flexibility index (Phi) is 40.4. The number of hydrogen-bond acceptors (Lipinski definition) is 5. The number of rotatable bonds is 4. The summed E-state index contributed by atoms with van der Waals surface area (Å²) in [7, 11) is 0.750. The van der Waals surface area contributed by atoms with Crippen LogP contribution in [-0.4, -0.2) is 37.1 Å². The van der Waals surface area contributed by atoms with Gasteiger partial charge in [-0.2, -0.15) is 7.11 Å². The first-order valence-electron chi connectivity index (χ1n) is 10.2. The molecule has 0 aliphatic rings. The van der Waals surface area contributed by atoms with E-state index in [4.69, 9.17) is 40.1 Å². The van der Waals surface area contributed by atoms with Crippen molar-refractivity contribution in [3.05, 3.63) is 122 Å². The molecule has 3 aromatic carbocycles. The Labute approximate surface area is 308 Å². The van der Waals surface area contributed by atoms with Gasteiger partial charge in [0.2, 0.25) is 5.69 Å². The normalized spacial score (nSPS) is 7.89. The van der Waals surface area contributed by atoms with Crippen molar-refractivity contribution >= 4 is 31.8 Å². The van der Waals surface area contributed by atoms with Crippen LogP contribution in [0.2, 0.25) is 0 Å². The summed E-state index contributed by atoms with van der Waals surface area (Å²) in [4.78, 5) is 18.3. The average molecular weight is 654 g/mol. The number of hydrogen-bond donors (Lipinski definition) is 3. The topological polar surface area (TPSA) is 114 Å². The van der Waals surface area contributed by atoms with E-state index in [2.05, 4.69) is 14.5 Å². The van der Waals surface area contributed by atoms with Crippen LogP contribution in [0.5, 0.6) is 0 Å². The second-order valence-electron chi connectivity index (χ2n) is 6.75. The fourth-order valence-corrected chi connectivity index (χ4v) is 2.63. The monoisotopic (exact) mass is 654 g/mol. The van der Waals surface area contributed by atoms with Gasteiger partial charge in [0, 0.05) is 14.0 Å². The van der Waals surface area contributed by atoms with Gasteiger partial charge in [0.25, 0.3) is 11.4 Å². The summed E-state index contributed by atoms with van der Waals surface area (Å²) in [6, 6.07) is 6.03. The van der Waals surface area contributed by atoms with E-state index in [-0.39, 0.29) is 120 Å². The van der Waals surface area contributed by atoms with Gasteiger partial charge in [-0.05, 0) is 47.0 Å². The molecule has 3 aromatic rings. The SMILES string of the molecule is C.C.C.C[O-].[B].[C-]#[N+]c1c(F)cc(C=O)cc1F.[C-]#[N+]c1c(F)cc(CO)cc1CO.[C-]#[N+]c1c(F)cc(CO)cc1F.[H-].[Na+].[Na+]. The first-order chi connectivity index (χ1) is 18.6. The Bertz CT molecular complexity index is 1390. The van der Waals surface area contributed by atoms with Crippen molar-refractivity contribution in [3.63, 3.8) is 0 Å². The number of aliphatic hydroxyl groups excluding tert-OH is 3. The molecule has 0 unspecified atom stereocenters. The van der Waals surface area contributed by atoms with Crippen molar-refractivity contribution in [3.8, 4) is 0 Å². The second-order valence-corrected chi connectivity index (χ2v) is 6.75. The van der Waals surface area contributed by atoms with Crippen LogP contribution in [0.15, 0.2) is 36.4 Å². The van der Waals surface area contributed by atoms with Crippen molar-refractivity contribution in [1.82, 2.24) is 0 Å². The molecule has 45 heavy (non-hydrogen) atoms. The summed E-state index contributed by atoms with van der Waals surface area (Å²) in [5.74, 6) is -4.59. The summed E-state index contributed by atoms with van der Waals surface area (Å²) >= 11 is 0. The number of nitrogens with zero attached hydrogens (tertiary/aromatic N) is 3. The minimum absolute atomic E-state index is 0. The molecule has 0 heterocycles. The first kappa shape index (κ1) is 58.0. The number of benzene rings is 3. The third-order valence-electron chi connectivity index (χ3n) is 4.33. The van der Waals surface area contributed by atoms with Gasteiger partial charge >= 0.3 is 59.1 Å². The summed E-state index contributed by atoms with van der Waals surface area (Å²) in [6.45, 7) is 18.4. The molecule has 0 aromatic heterocycles. The van der Waals surface area contributed by atoms with Crippen molar-refractivity contribution in [2.75, 3.05) is 7.11 Å². The molecule has 0 fully saturated rings. The zero-order valence-corrected chi connectivity index (χ0v) is 26.6. The Balaban J connectivity index is -0.0000000711. The van der Waals surface area contributed by atoms with Crippen molar-refractivity contribution in [1.29, 1.82) is 0 Å². The van der Waals surface area contributed by atoms with Crippen molar-refractivity contribution in [2.45, 2.75) is 42.1 Å². The Morgan fingerprint density at radius 3 is 1.20 bits per heavy atom. The van der Waals surface area contributed by atoms with Gasteiger partial charge in [-0.1, -0.05) is 28.3 Å². The summed E-state index contributed by atoms with van der Waals surface area (Å²) in [6.07, 6.45) is 0.319. The van der Waals surface area contributed by atoms with E-state index in [1.54, 1.807) is 0 Å². The Hall–Kier alpha value is -2.65. The maximum Gasteiger partial charge on any atom is 1.00 e. The van der Waals surface area contributed by atoms with Gasteiger partial charge in [-0.15, -0.1) is 0 Å². The van der Waals surface area contributed by atoms with Crippen LogP contribution in [0, 0.1) is 48.8 Å². The number of halogens is 5. The molecule has 0 bridgehead atoms.